The zero-order valence-electron chi connectivity index (χ0n) is 12.1. The predicted octanol–water partition coefficient (Wildman–Crippen LogP) is 3.28. The fourth-order valence-electron chi connectivity index (χ4n) is 1.85. The highest BCUT2D eigenvalue weighted by atomic mass is 32.3. The van der Waals surface area contributed by atoms with E-state index in [4.69, 9.17) is 8.37 Å². The first-order valence-electron chi connectivity index (χ1n) is 6.61. The van der Waals surface area contributed by atoms with Gasteiger partial charge >= 0.3 is 10.4 Å². The molecule has 0 aromatic heterocycles. The first-order valence-corrected chi connectivity index (χ1v) is 7.94. The Bertz CT molecular complexity index is 652. The second-order valence-electron chi connectivity index (χ2n) is 4.79. The SMILES string of the molecule is Cc1ccccc1COS(=O)(=O)OCc1ccccc1C. The van der Waals surface area contributed by atoms with Gasteiger partial charge in [0.05, 0.1) is 13.2 Å². The van der Waals surface area contributed by atoms with E-state index < -0.39 is 10.4 Å². The molecule has 4 nitrogen and oxygen atoms in total. The van der Waals surface area contributed by atoms with Crippen LogP contribution in [0.15, 0.2) is 48.5 Å². The van der Waals surface area contributed by atoms with Gasteiger partial charge in [0.25, 0.3) is 0 Å². The molecule has 112 valence electrons. The van der Waals surface area contributed by atoms with Gasteiger partial charge in [-0.2, -0.15) is 8.42 Å². The van der Waals surface area contributed by atoms with Crippen molar-refractivity contribution >= 4 is 10.4 Å². The van der Waals surface area contributed by atoms with Gasteiger partial charge in [0.1, 0.15) is 0 Å². The molecule has 0 atom stereocenters. The maximum atomic E-state index is 11.8. The molecule has 2 aromatic carbocycles. The van der Waals surface area contributed by atoms with Crippen molar-refractivity contribution in [2.45, 2.75) is 27.1 Å². The van der Waals surface area contributed by atoms with Gasteiger partial charge in [-0.1, -0.05) is 48.5 Å². The van der Waals surface area contributed by atoms with Crippen molar-refractivity contribution in [2.75, 3.05) is 0 Å². The minimum Gasteiger partial charge on any atom is -0.243 e. The second-order valence-corrected chi connectivity index (χ2v) is 6.07. The largest absolute Gasteiger partial charge is 0.400 e. The van der Waals surface area contributed by atoms with Crippen LogP contribution in [0, 0.1) is 13.8 Å². The highest BCUT2D eigenvalue weighted by molar-refractivity contribution is 7.81. The van der Waals surface area contributed by atoms with E-state index in [1.54, 1.807) is 0 Å². The summed E-state index contributed by atoms with van der Waals surface area (Å²) in [4.78, 5) is 0. The number of benzene rings is 2. The number of aryl methyl sites for hydroxylation is 2. The van der Waals surface area contributed by atoms with Crippen molar-refractivity contribution in [3.63, 3.8) is 0 Å². The normalized spacial score (nSPS) is 11.5. The molecular formula is C16H18O4S. The minimum absolute atomic E-state index is 0.0250. The van der Waals surface area contributed by atoms with Crippen LogP contribution in [0.5, 0.6) is 0 Å². The molecule has 0 amide bonds. The fraction of sp³-hybridized carbons (Fsp3) is 0.250. The molecule has 0 spiro atoms. The van der Waals surface area contributed by atoms with Gasteiger partial charge in [0, 0.05) is 0 Å². The number of rotatable bonds is 6. The van der Waals surface area contributed by atoms with Gasteiger partial charge in [0.2, 0.25) is 0 Å². The topological polar surface area (TPSA) is 52.6 Å². The Labute approximate surface area is 125 Å². The van der Waals surface area contributed by atoms with E-state index in [0.717, 1.165) is 22.3 Å². The minimum atomic E-state index is -4.01. The molecule has 2 aromatic rings. The van der Waals surface area contributed by atoms with E-state index in [-0.39, 0.29) is 13.2 Å². The average Bonchev–Trinajstić information content (AvgIpc) is 2.46. The van der Waals surface area contributed by atoms with Crippen LogP contribution in [-0.2, 0) is 32.0 Å². The van der Waals surface area contributed by atoms with Gasteiger partial charge in [-0.15, -0.1) is 0 Å². The highest BCUT2D eigenvalue weighted by Gasteiger charge is 2.13. The van der Waals surface area contributed by atoms with Crippen LogP contribution in [0.1, 0.15) is 22.3 Å². The van der Waals surface area contributed by atoms with Crippen molar-refractivity contribution in [2.24, 2.45) is 0 Å². The highest BCUT2D eigenvalue weighted by Crippen LogP contribution is 2.13. The molecule has 2 rings (SSSR count). The quantitative estimate of drug-likeness (QED) is 0.822. The number of hydrogen-bond acceptors (Lipinski definition) is 4. The third-order valence-electron chi connectivity index (χ3n) is 3.24. The average molecular weight is 306 g/mol. The summed E-state index contributed by atoms with van der Waals surface area (Å²) in [6, 6.07) is 14.9. The Morgan fingerprint density at radius 3 is 1.52 bits per heavy atom. The third kappa shape index (κ3) is 4.67. The summed E-state index contributed by atoms with van der Waals surface area (Å²) in [5.41, 5.74) is 3.60. The van der Waals surface area contributed by atoms with Crippen LogP contribution in [0.25, 0.3) is 0 Å². The first-order chi connectivity index (χ1) is 9.98. The Balaban J connectivity index is 1.94. The lowest BCUT2D eigenvalue weighted by Gasteiger charge is -2.09. The zero-order chi connectivity index (χ0) is 15.3. The van der Waals surface area contributed by atoms with Gasteiger partial charge in [0.15, 0.2) is 0 Å². The van der Waals surface area contributed by atoms with Crippen molar-refractivity contribution in [1.82, 2.24) is 0 Å². The predicted molar refractivity (Wildman–Crippen MR) is 80.9 cm³/mol. The standard InChI is InChI=1S/C16H18O4S/c1-13-7-3-5-9-15(13)11-19-21(17,18)20-12-16-10-6-4-8-14(16)2/h3-10H,11-12H2,1-2H3. The van der Waals surface area contributed by atoms with Gasteiger partial charge in [-0.05, 0) is 36.1 Å². The van der Waals surface area contributed by atoms with E-state index in [9.17, 15) is 8.42 Å². The Morgan fingerprint density at radius 1 is 0.762 bits per heavy atom. The molecule has 5 heteroatoms. The molecule has 0 aliphatic carbocycles. The van der Waals surface area contributed by atoms with Crippen molar-refractivity contribution < 1.29 is 16.8 Å². The summed E-state index contributed by atoms with van der Waals surface area (Å²) < 4.78 is 33.3. The lowest BCUT2D eigenvalue weighted by atomic mass is 10.1. The molecule has 0 fully saturated rings. The van der Waals surface area contributed by atoms with Crippen molar-refractivity contribution in [3.8, 4) is 0 Å². The molecule has 0 saturated heterocycles. The Hall–Kier alpha value is -1.69. The van der Waals surface area contributed by atoms with Crippen LogP contribution < -0.4 is 0 Å². The molecule has 0 unspecified atom stereocenters. The van der Waals surface area contributed by atoms with Crippen LogP contribution in [-0.4, -0.2) is 8.42 Å². The second kappa shape index (κ2) is 6.85. The van der Waals surface area contributed by atoms with E-state index in [0.29, 0.717) is 0 Å². The van der Waals surface area contributed by atoms with Crippen molar-refractivity contribution in [1.29, 1.82) is 0 Å². The van der Waals surface area contributed by atoms with Crippen LogP contribution in [0.2, 0.25) is 0 Å². The molecule has 0 aliphatic heterocycles. The number of hydrogen-bond donors (Lipinski definition) is 0. The Morgan fingerprint density at radius 2 is 1.14 bits per heavy atom. The summed E-state index contributed by atoms with van der Waals surface area (Å²) >= 11 is 0. The van der Waals surface area contributed by atoms with Crippen LogP contribution in [0.4, 0.5) is 0 Å². The maximum Gasteiger partial charge on any atom is 0.400 e. The molecule has 0 heterocycles. The van der Waals surface area contributed by atoms with Crippen LogP contribution >= 0.6 is 0 Å². The molecule has 0 bridgehead atoms. The molecule has 21 heavy (non-hydrogen) atoms. The molecular weight excluding hydrogens is 288 g/mol. The monoisotopic (exact) mass is 306 g/mol. The molecule has 0 saturated carbocycles. The van der Waals surface area contributed by atoms with Gasteiger partial charge in [-0.3, -0.25) is 0 Å². The summed E-state index contributed by atoms with van der Waals surface area (Å²) in [7, 11) is -4.01. The Kier molecular flexibility index (Phi) is 5.12. The molecule has 0 aliphatic rings. The lowest BCUT2D eigenvalue weighted by Crippen LogP contribution is -2.11. The zero-order valence-corrected chi connectivity index (χ0v) is 12.9. The van der Waals surface area contributed by atoms with E-state index >= 15 is 0 Å². The smallest absolute Gasteiger partial charge is 0.243 e. The lowest BCUT2D eigenvalue weighted by molar-refractivity contribution is 0.201. The summed E-state index contributed by atoms with van der Waals surface area (Å²) in [6.45, 7) is 3.75. The summed E-state index contributed by atoms with van der Waals surface area (Å²) in [6.07, 6.45) is 0. The van der Waals surface area contributed by atoms with Gasteiger partial charge in [-0.25, -0.2) is 8.37 Å². The summed E-state index contributed by atoms with van der Waals surface area (Å²) in [5, 5.41) is 0. The fourth-order valence-corrected chi connectivity index (χ4v) is 2.46. The first kappa shape index (κ1) is 15.7. The molecule has 0 radical (unpaired) electrons. The van der Waals surface area contributed by atoms with E-state index in [1.165, 1.54) is 0 Å². The van der Waals surface area contributed by atoms with E-state index in [2.05, 4.69) is 0 Å². The van der Waals surface area contributed by atoms with Crippen LogP contribution in [0.3, 0.4) is 0 Å². The maximum absolute atomic E-state index is 11.8. The third-order valence-corrected chi connectivity index (χ3v) is 4.05. The van der Waals surface area contributed by atoms with Gasteiger partial charge < -0.3 is 0 Å². The summed E-state index contributed by atoms with van der Waals surface area (Å²) in [5.74, 6) is 0. The van der Waals surface area contributed by atoms with Crippen molar-refractivity contribution in [3.05, 3.63) is 70.8 Å². The molecule has 0 N–H and O–H groups in total. The van der Waals surface area contributed by atoms with E-state index in [1.807, 2.05) is 62.4 Å².